The molecule has 0 atom stereocenters. The monoisotopic (exact) mass is 246 g/mol. The Hall–Kier alpha value is -1.68. The van der Waals surface area contributed by atoms with Gasteiger partial charge in [0.2, 0.25) is 5.05 Å². The Morgan fingerprint density at radius 1 is 1.53 bits per heavy atom. The Morgan fingerprint density at radius 2 is 2.29 bits per heavy atom. The van der Waals surface area contributed by atoms with E-state index in [-0.39, 0.29) is 0 Å². The maximum atomic E-state index is 5.47. The molecule has 0 saturated carbocycles. The molecule has 1 aromatic heterocycles. The normalized spacial score (nSPS) is 10.4. The van der Waals surface area contributed by atoms with Crippen molar-refractivity contribution in [3.05, 3.63) is 42.6 Å². The molecule has 17 heavy (non-hydrogen) atoms. The van der Waals surface area contributed by atoms with Gasteiger partial charge in [-0.25, -0.2) is 0 Å². The lowest BCUT2D eigenvalue weighted by Gasteiger charge is -2.03. The van der Waals surface area contributed by atoms with E-state index in [9.17, 15) is 0 Å². The fraction of sp³-hybridized carbons (Fsp3) is 0.231. The summed E-state index contributed by atoms with van der Waals surface area (Å²) in [6, 6.07) is 7.97. The lowest BCUT2D eigenvalue weighted by Crippen LogP contribution is -2.06. The first-order valence-corrected chi connectivity index (χ1v) is 5.84. The van der Waals surface area contributed by atoms with Crippen LogP contribution in [0, 0.1) is 0 Å². The number of rotatable bonds is 4. The van der Waals surface area contributed by atoms with Gasteiger partial charge in [-0.3, -0.25) is 4.68 Å². The molecule has 88 valence electrons. The molecule has 0 spiro atoms. The van der Waals surface area contributed by atoms with Crippen LogP contribution in [0.1, 0.15) is 12.1 Å². The molecule has 0 aliphatic heterocycles. The molecule has 3 nitrogen and oxygen atoms in total. The fourth-order valence-electron chi connectivity index (χ4n) is 1.67. The molecule has 0 radical (unpaired) electrons. The average Bonchev–Trinajstić information content (AvgIpc) is 2.68. The second kappa shape index (κ2) is 5.10. The van der Waals surface area contributed by atoms with Crippen molar-refractivity contribution < 1.29 is 4.74 Å². The van der Waals surface area contributed by atoms with Crippen LogP contribution in [0.5, 0.6) is 0 Å². The molecule has 0 saturated heterocycles. The van der Waals surface area contributed by atoms with Crippen LogP contribution in [0.15, 0.2) is 36.9 Å². The van der Waals surface area contributed by atoms with Gasteiger partial charge in [0.15, 0.2) is 0 Å². The molecule has 0 bridgehead atoms. The van der Waals surface area contributed by atoms with E-state index >= 15 is 0 Å². The summed E-state index contributed by atoms with van der Waals surface area (Å²) >= 11 is 5.24. The minimum absolute atomic E-state index is 0.448. The van der Waals surface area contributed by atoms with Gasteiger partial charge in [0.25, 0.3) is 0 Å². The highest BCUT2D eigenvalue weighted by atomic mass is 32.1. The first-order chi connectivity index (χ1) is 8.24. The number of aromatic nitrogens is 2. The Bertz CT molecular complexity index is 560. The van der Waals surface area contributed by atoms with Crippen molar-refractivity contribution in [2.24, 2.45) is 7.05 Å². The van der Waals surface area contributed by atoms with Crippen LogP contribution < -0.4 is 0 Å². The topological polar surface area (TPSA) is 27.1 Å². The van der Waals surface area contributed by atoms with Gasteiger partial charge in [0.05, 0.1) is 12.1 Å². The summed E-state index contributed by atoms with van der Waals surface area (Å²) in [5.41, 5.74) is 1.79. The zero-order valence-corrected chi connectivity index (χ0v) is 10.5. The highest BCUT2D eigenvalue weighted by molar-refractivity contribution is 7.80. The summed E-state index contributed by atoms with van der Waals surface area (Å²) < 4.78 is 7.29. The van der Waals surface area contributed by atoms with Crippen molar-refractivity contribution in [3.8, 4) is 0 Å². The van der Waals surface area contributed by atoms with Crippen molar-refractivity contribution >= 4 is 28.2 Å². The molecule has 2 aromatic rings. The van der Waals surface area contributed by atoms with Crippen LogP contribution >= 0.6 is 12.2 Å². The molecule has 0 aliphatic carbocycles. The number of thiocarbonyl (C=S) groups is 1. The van der Waals surface area contributed by atoms with E-state index in [0.29, 0.717) is 11.7 Å². The van der Waals surface area contributed by atoms with E-state index in [1.54, 1.807) is 6.08 Å². The van der Waals surface area contributed by atoms with Gasteiger partial charge < -0.3 is 4.74 Å². The largest absolute Gasteiger partial charge is 0.481 e. The van der Waals surface area contributed by atoms with Gasteiger partial charge in [0.1, 0.15) is 5.69 Å². The molecule has 4 heteroatoms. The number of para-hydroxylation sites is 1. The minimum atomic E-state index is 0.448. The summed E-state index contributed by atoms with van der Waals surface area (Å²) in [5, 5.41) is 5.87. The maximum absolute atomic E-state index is 5.47. The number of benzene rings is 1. The van der Waals surface area contributed by atoms with Gasteiger partial charge in [-0.15, -0.1) is 6.58 Å². The summed E-state index contributed by atoms with van der Waals surface area (Å²) in [4.78, 5) is 0. The predicted molar refractivity (Wildman–Crippen MR) is 73.2 cm³/mol. The highest BCUT2D eigenvalue weighted by Crippen LogP contribution is 2.18. The number of hydrogen-bond donors (Lipinski definition) is 0. The van der Waals surface area contributed by atoms with Crippen LogP contribution in [0.2, 0.25) is 0 Å². The quantitative estimate of drug-likeness (QED) is 0.471. The zero-order valence-electron chi connectivity index (χ0n) is 9.72. The second-order valence-electron chi connectivity index (χ2n) is 3.70. The fourth-order valence-corrected chi connectivity index (χ4v) is 1.90. The third-order valence-corrected chi connectivity index (χ3v) is 2.82. The number of ether oxygens (including phenoxy) is 1. The Balaban J connectivity index is 2.29. The van der Waals surface area contributed by atoms with Crippen molar-refractivity contribution in [2.45, 2.75) is 6.42 Å². The Kier molecular flexibility index (Phi) is 3.54. The summed E-state index contributed by atoms with van der Waals surface area (Å²) in [7, 11) is 1.90. The van der Waals surface area contributed by atoms with Crippen molar-refractivity contribution in [1.29, 1.82) is 0 Å². The SMILES string of the molecule is C=CCCOC(=S)c1nn(C)c2ccccc12. The molecule has 1 heterocycles. The molecule has 0 amide bonds. The maximum Gasteiger partial charge on any atom is 0.212 e. The van der Waals surface area contributed by atoms with E-state index in [1.165, 1.54) is 0 Å². The Morgan fingerprint density at radius 3 is 3.06 bits per heavy atom. The second-order valence-corrected chi connectivity index (χ2v) is 4.07. The summed E-state index contributed by atoms with van der Waals surface area (Å²) in [6.45, 7) is 4.19. The number of aryl methyl sites for hydroxylation is 1. The minimum Gasteiger partial charge on any atom is -0.481 e. The smallest absolute Gasteiger partial charge is 0.212 e. The van der Waals surface area contributed by atoms with Gasteiger partial charge in [0, 0.05) is 12.4 Å². The van der Waals surface area contributed by atoms with Crippen LogP contribution in [0.4, 0.5) is 0 Å². The van der Waals surface area contributed by atoms with E-state index in [2.05, 4.69) is 11.7 Å². The zero-order chi connectivity index (χ0) is 12.3. The molecular formula is C13H14N2OS. The van der Waals surface area contributed by atoms with Gasteiger partial charge in [-0.2, -0.15) is 5.10 Å². The van der Waals surface area contributed by atoms with Crippen LogP contribution in [-0.4, -0.2) is 21.4 Å². The third kappa shape index (κ3) is 2.36. The summed E-state index contributed by atoms with van der Waals surface area (Å²) in [5.74, 6) is 0. The molecule has 2 rings (SSSR count). The predicted octanol–water partition coefficient (Wildman–Crippen LogP) is 2.84. The van der Waals surface area contributed by atoms with Crippen molar-refractivity contribution in [1.82, 2.24) is 9.78 Å². The highest BCUT2D eigenvalue weighted by Gasteiger charge is 2.12. The van der Waals surface area contributed by atoms with E-state index in [1.807, 2.05) is 36.0 Å². The molecule has 0 unspecified atom stereocenters. The lowest BCUT2D eigenvalue weighted by molar-refractivity contribution is 0.321. The van der Waals surface area contributed by atoms with Crippen molar-refractivity contribution in [2.75, 3.05) is 6.61 Å². The van der Waals surface area contributed by atoms with E-state index < -0.39 is 0 Å². The first kappa shape index (κ1) is 11.8. The van der Waals surface area contributed by atoms with Crippen LogP contribution in [0.3, 0.4) is 0 Å². The van der Waals surface area contributed by atoms with Gasteiger partial charge in [-0.05, 0) is 24.7 Å². The van der Waals surface area contributed by atoms with E-state index in [0.717, 1.165) is 23.0 Å². The molecule has 0 aliphatic rings. The summed E-state index contributed by atoms with van der Waals surface area (Å²) in [6.07, 6.45) is 2.59. The Labute approximate surface area is 106 Å². The molecule has 0 fully saturated rings. The first-order valence-electron chi connectivity index (χ1n) is 5.44. The number of fused-ring (bicyclic) bond motifs is 1. The van der Waals surface area contributed by atoms with Gasteiger partial charge >= 0.3 is 0 Å². The number of hydrogen-bond acceptors (Lipinski definition) is 3. The number of nitrogens with zero attached hydrogens (tertiary/aromatic N) is 2. The molecule has 1 aromatic carbocycles. The average molecular weight is 246 g/mol. The molecular weight excluding hydrogens is 232 g/mol. The van der Waals surface area contributed by atoms with Crippen LogP contribution in [0.25, 0.3) is 10.9 Å². The van der Waals surface area contributed by atoms with E-state index in [4.69, 9.17) is 17.0 Å². The van der Waals surface area contributed by atoms with Crippen molar-refractivity contribution in [3.63, 3.8) is 0 Å². The lowest BCUT2D eigenvalue weighted by atomic mass is 10.2. The molecule has 0 N–H and O–H groups in total. The standard InChI is InChI=1S/C13H14N2OS/c1-3-4-9-16-13(17)12-10-7-5-6-8-11(10)15(2)14-12/h3,5-8H,1,4,9H2,2H3. The van der Waals surface area contributed by atoms with Gasteiger partial charge in [-0.1, -0.05) is 24.3 Å². The van der Waals surface area contributed by atoms with Crippen LogP contribution in [-0.2, 0) is 11.8 Å². The third-order valence-electron chi connectivity index (χ3n) is 2.51.